The Kier molecular flexibility index (Phi) is 9.16. The van der Waals surface area contributed by atoms with Gasteiger partial charge in [-0.25, -0.2) is 0 Å². The van der Waals surface area contributed by atoms with Crippen molar-refractivity contribution in [2.24, 2.45) is 0 Å². The molecule has 0 aliphatic carbocycles. The van der Waals surface area contributed by atoms with Crippen LogP contribution in [0.1, 0.15) is 84.3 Å². The van der Waals surface area contributed by atoms with Gasteiger partial charge in [0.1, 0.15) is 0 Å². The van der Waals surface area contributed by atoms with Gasteiger partial charge in [0.15, 0.2) is 0 Å². The molecule has 2 aromatic rings. The van der Waals surface area contributed by atoms with Crippen LogP contribution in [0.5, 0.6) is 0 Å². The third kappa shape index (κ3) is 5.83. The second-order valence-corrected chi connectivity index (χ2v) is 12.6. The summed E-state index contributed by atoms with van der Waals surface area (Å²) in [7, 11) is 0. The number of aromatic nitrogens is 3. The van der Waals surface area contributed by atoms with Crippen molar-refractivity contribution >= 4 is 24.9 Å². The average Bonchev–Trinajstić information content (AvgIpc) is 3.03. The van der Waals surface area contributed by atoms with Gasteiger partial charge in [-0.15, -0.1) is 0 Å². The predicted molar refractivity (Wildman–Crippen MR) is 113 cm³/mol. The molecule has 1 aromatic carbocycles. The van der Waals surface area contributed by atoms with E-state index in [1.165, 1.54) is 67.2 Å². The maximum absolute atomic E-state index is 4.69. The van der Waals surface area contributed by atoms with Gasteiger partial charge >= 0.3 is 170 Å². The molecule has 0 unspecified atom stereocenters. The van der Waals surface area contributed by atoms with Crippen LogP contribution < -0.4 is 3.71 Å². The summed E-state index contributed by atoms with van der Waals surface area (Å²) in [5, 5.41) is 9.21. The molecule has 3 nitrogen and oxygen atoms in total. The zero-order valence-corrected chi connectivity index (χ0v) is 19.9. The molecular weight excluding hydrogens is 425 g/mol. The van der Waals surface area contributed by atoms with Crippen LogP contribution in [0.15, 0.2) is 30.3 Å². The van der Waals surface area contributed by atoms with Gasteiger partial charge in [-0.05, 0) is 0 Å². The summed E-state index contributed by atoms with van der Waals surface area (Å²) in [5.41, 5.74) is 2.40. The molecule has 0 amide bonds. The van der Waals surface area contributed by atoms with E-state index in [4.69, 9.17) is 0 Å². The van der Waals surface area contributed by atoms with Crippen LogP contribution in [-0.4, -0.2) is 36.1 Å². The van der Waals surface area contributed by atoms with E-state index in [1.807, 2.05) is 4.68 Å². The number of hydrogen-bond donors (Lipinski definition) is 0. The first-order chi connectivity index (χ1) is 12.7. The second-order valence-electron chi connectivity index (χ2n) is 7.49. The topological polar surface area (TPSA) is 30.7 Å². The van der Waals surface area contributed by atoms with E-state index in [0.717, 1.165) is 5.69 Å². The molecule has 0 aliphatic heterocycles. The van der Waals surface area contributed by atoms with Crippen LogP contribution in [0.3, 0.4) is 0 Å². The number of unbranched alkanes of at least 4 members (excludes halogenated alkanes) is 3. The normalized spacial score (nSPS) is 11.8. The molecule has 0 saturated carbocycles. The van der Waals surface area contributed by atoms with E-state index < -0.39 is 21.1 Å². The minimum absolute atomic E-state index is 0.563. The first-order valence-electron chi connectivity index (χ1n) is 10.4. The van der Waals surface area contributed by atoms with Crippen molar-refractivity contribution in [2.75, 3.05) is 0 Å². The Balaban J connectivity index is 2.27. The second kappa shape index (κ2) is 11.1. The third-order valence-electron chi connectivity index (χ3n) is 5.31. The molecule has 0 aliphatic rings. The van der Waals surface area contributed by atoms with Crippen molar-refractivity contribution in [3.8, 4) is 5.69 Å². The third-order valence-corrected chi connectivity index (χ3v) is 11.0. The summed E-state index contributed by atoms with van der Waals surface area (Å²) in [5.74, 6) is 0. The number of nitrogens with zero attached hydrogens (tertiary/aromatic N) is 3. The average molecular weight is 460 g/mol. The minimum atomic E-state index is -0.819. The summed E-state index contributed by atoms with van der Waals surface area (Å²) in [6, 6.07) is 10.4. The molecule has 1 heterocycles. The van der Waals surface area contributed by atoms with Crippen molar-refractivity contribution in [1.29, 1.82) is 0 Å². The van der Waals surface area contributed by atoms with Crippen LogP contribution in [-0.2, 0) is 0 Å². The Bertz CT molecular complexity index is 614. The zero-order valence-electron chi connectivity index (χ0n) is 17.1. The van der Waals surface area contributed by atoms with E-state index in [2.05, 4.69) is 68.3 Å². The van der Waals surface area contributed by atoms with E-state index in [0.29, 0.717) is 3.43 Å². The Morgan fingerprint density at radius 1 is 0.885 bits per heavy atom. The molecule has 4 heteroatoms. The molecule has 1 aromatic heterocycles. The van der Waals surface area contributed by atoms with Crippen LogP contribution in [0, 0.1) is 6.92 Å². The zero-order chi connectivity index (χ0) is 18.8. The number of para-hydroxylation sites is 1. The number of rotatable bonds is 12. The molecular formula is C22H35N3Sn. The van der Waals surface area contributed by atoms with Gasteiger partial charge in [0.05, 0.1) is 0 Å². The molecule has 2 rings (SSSR count). The molecule has 0 saturated heterocycles. The Morgan fingerprint density at radius 2 is 1.42 bits per heavy atom. The van der Waals surface area contributed by atoms with Gasteiger partial charge in [0.25, 0.3) is 0 Å². The monoisotopic (exact) mass is 461 g/mol. The van der Waals surface area contributed by atoms with Gasteiger partial charge < -0.3 is 0 Å². The van der Waals surface area contributed by atoms with Crippen molar-refractivity contribution in [3.05, 3.63) is 36.0 Å². The predicted octanol–water partition coefficient (Wildman–Crippen LogP) is 5.63. The standard InChI is InChI=1S/C13H27.C9H8N3.Sn/c1-4-7-10-13(11-8-5-2)12-9-6-3;1-8-7-10-11-12(8)9-5-3-2-4-6-9;/h4-12H2,1-3H3;2-6H,1H3;. The summed E-state index contributed by atoms with van der Waals surface area (Å²) in [6.07, 6.45) is 12.2. The molecule has 0 spiro atoms. The van der Waals surface area contributed by atoms with E-state index >= 15 is 0 Å². The summed E-state index contributed by atoms with van der Waals surface area (Å²) in [4.78, 5) is 0. The quantitative estimate of drug-likeness (QED) is 0.385. The van der Waals surface area contributed by atoms with Crippen molar-refractivity contribution in [2.45, 2.75) is 88.9 Å². The van der Waals surface area contributed by atoms with E-state index in [9.17, 15) is 0 Å². The van der Waals surface area contributed by atoms with Crippen molar-refractivity contribution < 1.29 is 0 Å². The molecule has 2 radical (unpaired) electrons. The van der Waals surface area contributed by atoms with Crippen LogP contribution in [0.4, 0.5) is 0 Å². The summed E-state index contributed by atoms with van der Waals surface area (Å²) >= 11 is -0.819. The SMILES string of the molecule is CCCC[C](CCCC)(CCCC)[Sn][c]1nnn(-c2ccccc2)c1C. The summed E-state index contributed by atoms with van der Waals surface area (Å²) in [6.45, 7) is 9.19. The van der Waals surface area contributed by atoms with Gasteiger partial charge in [-0.3, -0.25) is 0 Å². The van der Waals surface area contributed by atoms with Crippen LogP contribution in [0.25, 0.3) is 5.69 Å². The first-order valence-corrected chi connectivity index (χ1v) is 13.3. The molecule has 0 bridgehead atoms. The first kappa shape index (κ1) is 21.5. The Morgan fingerprint density at radius 3 is 1.92 bits per heavy atom. The molecule has 26 heavy (non-hydrogen) atoms. The van der Waals surface area contributed by atoms with Crippen LogP contribution >= 0.6 is 0 Å². The fourth-order valence-corrected chi connectivity index (χ4v) is 8.72. The van der Waals surface area contributed by atoms with Crippen LogP contribution in [0.2, 0.25) is 3.43 Å². The molecule has 0 N–H and O–H groups in total. The molecule has 0 fully saturated rings. The Hall–Kier alpha value is -0.841. The van der Waals surface area contributed by atoms with E-state index in [1.54, 1.807) is 0 Å². The number of benzene rings is 1. The fraction of sp³-hybridized carbons (Fsp3) is 0.636. The van der Waals surface area contributed by atoms with Gasteiger partial charge in [-0.2, -0.15) is 0 Å². The van der Waals surface area contributed by atoms with Crippen molar-refractivity contribution in [3.63, 3.8) is 0 Å². The van der Waals surface area contributed by atoms with Gasteiger partial charge in [0.2, 0.25) is 0 Å². The van der Waals surface area contributed by atoms with Crippen molar-refractivity contribution in [1.82, 2.24) is 15.0 Å². The Labute approximate surface area is 170 Å². The molecule has 0 atom stereocenters. The van der Waals surface area contributed by atoms with Gasteiger partial charge in [0, 0.05) is 0 Å². The molecule has 142 valence electrons. The van der Waals surface area contributed by atoms with E-state index in [-0.39, 0.29) is 0 Å². The summed E-state index contributed by atoms with van der Waals surface area (Å²) < 4.78 is 3.97. The maximum atomic E-state index is 4.69. The number of hydrogen-bond acceptors (Lipinski definition) is 2. The fourth-order valence-electron chi connectivity index (χ4n) is 3.62. The van der Waals surface area contributed by atoms with Gasteiger partial charge in [-0.1, -0.05) is 0 Å².